The highest BCUT2D eigenvalue weighted by molar-refractivity contribution is 5.86. The van der Waals surface area contributed by atoms with Crippen LogP contribution < -0.4 is 5.32 Å². The molecule has 0 bridgehead atoms. The van der Waals surface area contributed by atoms with Crippen molar-refractivity contribution in [2.24, 2.45) is 5.41 Å². The summed E-state index contributed by atoms with van der Waals surface area (Å²) < 4.78 is 0. The van der Waals surface area contributed by atoms with Crippen LogP contribution in [0.3, 0.4) is 0 Å². The summed E-state index contributed by atoms with van der Waals surface area (Å²) in [5.41, 5.74) is -0.870. The lowest BCUT2D eigenvalue weighted by molar-refractivity contribution is -0.128. The van der Waals surface area contributed by atoms with E-state index >= 15 is 0 Å². The second-order valence-corrected chi connectivity index (χ2v) is 3.73. The Kier molecular flexibility index (Phi) is 3.09. The molecule has 1 saturated carbocycles. The zero-order valence-corrected chi connectivity index (χ0v) is 8.21. The van der Waals surface area contributed by atoms with E-state index in [1.807, 2.05) is 6.07 Å². The van der Waals surface area contributed by atoms with E-state index in [0.29, 0.717) is 12.8 Å². The number of carbonyl (C=O) groups is 1. The second kappa shape index (κ2) is 4.11. The molecule has 1 aliphatic carbocycles. The highest BCUT2D eigenvalue weighted by atomic mass is 16.2. The van der Waals surface area contributed by atoms with Crippen LogP contribution in [0.2, 0.25) is 0 Å². The molecule has 0 aromatic rings. The minimum atomic E-state index is -0.870. The number of nitrogens with zero attached hydrogens (tertiary/aromatic N) is 2. The largest absolute Gasteiger partial charge is 0.339 e. The van der Waals surface area contributed by atoms with Crippen LogP contribution in [0.1, 0.15) is 32.6 Å². The van der Waals surface area contributed by atoms with Crippen LogP contribution in [0.5, 0.6) is 0 Å². The zero-order valence-electron chi connectivity index (χ0n) is 8.21. The quantitative estimate of drug-likeness (QED) is 0.710. The van der Waals surface area contributed by atoms with Crippen molar-refractivity contribution in [3.8, 4) is 12.1 Å². The van der Waals surface area contributed by atoms with Crippen molar-refractivity contribution in [1.29, 1.82) is 10.5 Å². The van der Waals surface area contributed by atoms with Crippen LogP contribution in [0.4, 0.5) is 0 Å². The molecular formula is C10H13N3O. The van der Waals surface area contributed by atoms with Crippen molar-refractivity contribution in [2.75, 3.05) is 0 Å². The molecule has 1 rings (SSSR count). The molecule has 0 aromatic carbocycles. The maximum absolute atomic E-state index is 11.7. The third-order valence-electron chi connectivity index (χ3n) is 2.65. The Labute approximate surface area is 83.5 Å². The number of rotatable bonds is 2. The Bertz CT molecular complexity index is 304. The lowest BCUT2D eigenvalue weighted by Gasteiger charge is -2.19. The third kappa shape index (κ3) is 1.85. The van der Waals surface area contributed by atoms with Gasteiger partial charge < -0.3 is 5.32 Å². The van der Waals surface area contributed by atoms with Crippen molar-refractivity contribution in [2.45, 2.75) is 38.6 Å². The maximum Gasteiger partial charge on any atom is 0.241 e. The first-order chi connectivity index (χ1) is 6.64. The van der Waals surface area contributed by atoms with Gasteiger partial charge in [0, 0.05) is 0 Å². The minimum absolute atomic E-state index is 0.286. The maximum atomic E-state index is 11.7. The molecule has 14 heavy (non-hydrogen) atoms. The van der Waals surface area contributed by atoms with E-state index in [1.165, 1.54) is 0 Å². The van der Waals surface area contributed by atoms with Crippen LogP contribution in [0.15, 0.2) is 0 Å². The van der Waals surface area contributed by atoms with Gasteiger partial charge in [-0.05, 0) is 19.8 Å². The Balaban J connectivity index is 2.68. The molecule has 4 heteroatoms. The fourth-order valence-corrected chi connectivity index (χ4v) is 1.74. The van der Waals surface area contributed by atoms with Crippen LogP contribution in [-0.2, 0) is 4.79 Å². The van der Waals surface area contributed by atoms with Gasteiger partial charge in [-0.15, -0.1) is 0 Å². The third-order valence-corrected chi connectivity index (χ3v) is 2.65. The van der Waals surface area contributed by atoms with Gasteiger partial charge >= 0.3 is 0 Å². The molecule has 0 heterocycles. The first-order valence-electron chi connectivity index (χ1n) is 4.76. The number of amides is 1. The van der Waals surface area contributed by atoms with Crippen LogP contribution in [-0.4, -0.2) is 11.9 Å². The predicted molar refractivity (Wildman–Crippen MR) is 49.7 cm³/mol. The van der Waals surface area contributed by atoms with Gasteiger partial charge in [0.25, 0.3) is 0 Å². The molecule has 1 N–H and O–H groups in total. The summed E-state index contributed by atoms with van der Waals surface area (Å²) in [4.78, 5) is 11.7. The monoisotopic (exact) mass is 191 g/mol. The van der Waals surface area contributed by atoms with Crippen molar-refractivity contribution >= 4 is 5.91 Å². The number of carbonyl (C=O) groups excluding carboxylic acids is 1. The summed E-state index contributed by atoms with van der Waals surface area (Å²) >= 11 is 0. The van der Waals surface area contributed by atoms with Gasteiger partial charge in [0.1, 0.15) is 11.5 Å². The molecule has 0 spiro atoms. The Morgan fingerprint density at radius 3 is 2.43 bits per heavy atom. The van der Waals surface area contributed by atoms with Crippen molar-refractivity contribution in [3.05, 3.63) is 0 Å². The Hall–Kier alpha value is -1.55. The zero-order chi connectivity index (χ0) is 10.6. The first kappa shape index (κ1) is 10.5. The number of hydrogen-bond donors (Lipinski definition) is 1. The fourth-order valence-electron chi connectivity index (χ4n) is 1.74. The van der Waals surface area contributed by atoms with Gasteiger partial charge in [-0.1, -0.05) is 12.8 Å². The van der Waals surface area contributed by atoms with Gasteiger partial charge in [0.15, 0.2) is 0 Å². The molecule has 4 nitrogen and oxygen atoms in total. The van der Waals surface area contributed by atoms with E-state index in [2.05, 4.69) is 11.4 Å². The van der Waals surface area contributed by atoms with Crippen LogP contribution >= 0.6 is 0 Å². The average Bonchev–Trinajstić information content (AvgIpc) is 2.67. The smallest absolute Gasteiger partial charge is 0.241 e. The van der Waals surface area contributed by atoms with Crippen LogP contribution in [0.25, 0.3) is 0 Å². The normalized spacial score (nSPS) is 20.5. The Morgan fingerprint density at radius 2 is 2.00 bits per heavy atom. The van der Waals surface area contributed by atoms with Gasteiger partial charge in [0.05, 0.1) is 12.1 Å². The predicted octanol–water partition coefficient (Wildman–Crippen LogP) is 1.10. The average molecular weight is 191 g/mol. The number of hydrogen-bond acceptors (Lipinski definition) is 3. The first-order valence-corrected chi connectivity index (χ1v) is 4.76. The SMILES string of the molecule is CC(C#N)NC(=O)C1(C#N)CCCC1. The summed E-state index contributed by atoms with van der Waals surface area (Å²) in [5.74, 6) is -0.286. The van der Waals surface area contributed by atoms with E-state index in [9.17, 15) is 4.79 Å². The molecule has 1 fully saturated rings. The van der Waals surface area contributed by atoms with E-state index < -0.39 is 11.5 Å². The standard InChI is InChI=1S/C10H13N3O/c1-8(6-11)13-9(14)10(7-12)4-2-3-5-10/h8H,2-5H2,1H3,(H,13,14). The highest BCUT2D eigenvalue weighted by Gasteiger charge is 2.41. The van der Waals surface area contributed by atoms with E-state index in [1.54, 1.807) is 6.92 Å². The number of nitriles is 2. The summed E-state index contributed by atoms with van der Waals surface area (Å²) in [5, 5.41) is 20.1. The Morgan fingerprint density at radius 1 is 1.43 bits per heavy atom. The van der Waals surface area contributed by atoms with Crippen LogP contribution in [0, 0.1) is 28.1 Å². The van der Waals surface area contributed by atoms with Gasteiger partial charge in [0.2, 0.25) is 5.91 Å². The molecule has 1 aliphatic rings. The van der Waals surface area contributed by atoms with E-state index in [-0.39, 0.29) is 5.91 Å². The molecular weight excluding hydrogens is 178 g/mol. The van der Waals surface area contributed by atoms with Crippen molar-refractivity contribution < 1.29 is 4.79 Å². The topological polar surface area (TPSA) is 76.7 Å². The molecule has 1 atom stereocenters. The van der Waals surface area contributed by atoms with Crippen molar-refractivity contribution in [3.63, 3.8) is 0 Å². The molecule has 74 valence electrons. The molecule has 0 saturated heterocycles. The fraction of sp³-hybridized carbons (Fsp3) is 0.700. The molecule has 0 aromatic heterocycles. The molecule has 0 radical (unpaired) electrons. The lowest BCUT2D eigenvalue weighted by atomic mass is 9.87. The van der Waals surface area contributed by atoms with Gasteiger partial charge in [-0.2, -0.15) is 10.5 Å². The summed E-state index contributed by atoms with van der Waals surface area (Å²) in [6, 6.07) is 3.48. The van der Waals surface area contributed by atoms with E-state index in [4.69, 9.17) is 10.5 Å². The summed E-state index contributed by atoms with van der Waals surface area (Å²) in [7, 11) is 0. The van der Waals surface area contributed by atoms with Gasteiger partial charge in [-0.3, -0.25) is 4.79 Å². The van der Waals surface area contributed by atoms with E-state index in [0.717, 1.165) is 12.8 Å². The van der Waals surface area contributed by atoms with Crippen molar-refractivity contribution in [1.82, 2.24) is 5.32 Å². The lowest BCUT2D eigenvalue weighted by Crippen LogP contribution is -2.42. The molecule has 1 unspecified atom stereocenters. The number of nitrogens with one attached hydrogen (secondary N) is 1. The molecule has 1 amide bonds. The summed E-state index contributed by atoms with van der Waals surface area (Å²) in [6.07, 6.45) is 3.07. The second-order valence-electron chi connectivity index (χ2n) is 3.73. The minimum Gasteiger partial charge on any atom is -0.339 e. The highest BCUT2D eigenvalue weighted by Crippen LogP contribution is 2.37. The van der Waals surface area contributed by atoms with Gasteiger partial charge in [-0.25, -0.2) is 0 Å². The summed E-state index contributed by atoms with van der Waals surface area (Å²) in [6.45, 7) is 1.61. The molecule has 0 aliphatic heterocycles.